The van der Waals surface area contributed by atoms with Gasteiger partial charge in [0.15, 0.2) is 0 Å². The van der Waals surface area contributed by atoms with Gasteiger partial charge in [-0.3, -0.25) is 9.59 Å². The molecule has 0 aliphatic heterocycles. The summed E-state index contributed by atoms with van der Waals surface area (Å²) >= 11 is 0. The first kappa shape index (κ1) is 12.4. The molecule has 0 aliphatic rings. The van der Waals surface area contributed by atoms with Gasteiger partial charge in [0.2, 0.25) is 11.8 Å². The van der Waals surface area contributed by atoms with Crippen LogP contribution in [0.3, 0.4) is 0 Å². The lowest BCUT2D eigenvalue weighted by molar-refractivity contribution is -0.127. The summed E-state index contributed by atoms with van der Waals surface area (Å²) in [5, 5.41) is 13.6. The van der Waals surface area contributed by atoms with Crippen LogP contribution in [0.5, 0.6) is 0 Å². The Morgan fingerprint density at radius 1 is 1.43 bits per heavy atom. The number of nitriles is 1. The summed E-state index contributed by atoms with van der Waals surface area (Å²) in [6.45, 7) is 3.31. The molecule has 0 aromatic rings. The minimum Gasteiger partial charge on any atom is -0.359 e. The van der Waals surface area contributed by atoms with Gasteiger partial charge in [0, 0.05) is 20.0 Å². The molecule has 0 aromatic heterocycles. The molecule has 0 aliphatic carbocycles. The zero-order chi connectivity index (χ0) is 11.2. The number of carbonyl (C=O) groups excluding carboxylic acids is 2. The summed E-state index contributed by atoms with van der Waals surface area (Å²) in [5.74, 6) is -0.496. The molecule has 0 rings (SSSR count). The van der Waals surface area contributed by atoms with Crippen molar-refractivity contribution in [2.45, 2.75) is 20.3 Å². The van der Waals surface area contributed by atoms with Gasteiger partial charge < -0.3 is 10.6 Å². The highest BCUT2D eigenvalue weighted by Gasteiger charge is 2.26. The average molecular weight is 197 g/mol. The Bertz CT molecular complexity index is 266. The standard InChI is InChI=1S/C9H15N3O2/c1-9(2,6-10)8(14)12-5-4-7(13)11-3/h4-5H2,1-3H3,(H,11,13)(H,12,14). The third kappa shape index (κ3) is 3.90. The molecule has 2 N–H and O–H groups in total. The number of carbonyl (C=O) groups is 2. The van der Waals surface area contributed by atoms with Crippen molar-refractivity contribution in [3.63, 3.8) is 0 Å². The van der Waals surface area contributed by atoms with Crippen LogP contribution in [0.4, 0.5) is 0 Å². The first-order chi connectivity index (χ1) is 6.44. The monoisotopic (exact) mass is 197 g/mol. The SMILES string of the molecule is CNC(=O)CCNC(=O)C(C)(C)C#N. The van der Waals surface area contributed by atoms with Crippen molar-refractivity contribution in [2.24, 2.45) is 5.41 Å². The summed E-state index contributed by atoms with van der Waals surface area (Å²) in [7, 11) is 1.53. The Kier molecular flexibility index (Phi) is 4.64. The summed E-state index contributed by atoms with van der Waals surface area (Å²) in [6.07, 6.45) is 0.226. The van der Waals surface area contributed by atoms with E-state index in [9.17, 15) is 9.59 Å². The smallest absolute Gasteiger partial charge is 0.239 e. The van der Waals surface area contributed by atoms with Crippen molar-refractivity contribution in [2.75, 3.05) is 13.6 Å². The first-order valence-electron chi connectivity index (χ1n) is 4.34. The van der Waals surface area contributed by atoms with E-state index in [1.54, 1.807) is 0 Å². The van der Waals surface area contributed by atoms with Crippen LogP contribution >= 0.6 is 0 Å². The predicted octanol–water partition coefficient (Wildman–Crippen LogP) is -0.212. The van der Waals surface area contributed by atoms with Crippen molar-refractivity contribution in [1.29, 1.82) is 5.26 Å². The zero-order valence-electron chi connectivity index (χ0n) is 8.68. The van der Waals surface area contributed by atoms with Gasteiger partial charge in [0.1, 0.15) is 5.41 Å². The molecule has 0 spiro atoms. The largest absolute Gasteiger partial charge is 0.359 e. The van der Waals surface area contributed by atoms with E-state index in [4.69, 9.17) is 5.26 Å². The lowest BCUT2D eigenvalue weighted by atomic mass is 9.95. The number of amides is 2. The van der Waals surface area contributed by atoms with Crippen LogP contribution in [-0.2, 0) is 9.59 Å². The van der Waals surface area contributed by atoms with Gasteiger partial charge in [-0.2, -0.15) is 5.26 Å². The van der Waals surface area contributed by atoms with Gasteiger partial charge in [-0.15, -0.1) is 0 Å². The van der Waals surface area contributed by atoms with Crippen LogP contribution < -0.4 is 10.6 Å². The highest BCUT2D eigenvalue weighted by atomic mass is 16.2. The van der Waals surface area contributed by atoms with Crippen LogP contribution in [0, 0.1) is 16.7 Å². The molecule has 0 heterocycles. The summed E-state index contributed by atoms with van der Waals surface area (Å²) in [4.78, 5) is 22.1. The van der Waals surface area contributed by atoms with Crippen LogP contribution in [-0.4, -0.2) is 25.4 Å². The highest BCUT2D eigenvalue weighted by Crippen LogP contribution is 2.12. The van der Waals surface area contributed by atoms with Crippen molar-refractivity contribution in [3.8, 4) is 6.07 Å². The van der Waals surface area contributed by atoms with E-state index in [2.05, 4.69) is 10.6 Å². The van der Waals surface area contributed by atoms with Crippen LogP contribution in [0.15, 0.2) is 0 Å². The van der Waals surface area contributed by atoms with Crippen molar-refractivity contribution >= 4 is 11.8 Å². The van der Waals surface area contributed by atoms with Crippen molar-refractivity contribution < 1.29 is 9.59 Å². The molecule has 0 radical (unpaired) electrons. The topological polar surface area (TPSA) is 82.0 Å². The van der Waals surface area contributed by atoms with E-state index in [1.165, 1.54) is 20.9 Å². The molecule has 5 nitrogen and oxygen atoms in total. The third-order valence-corrected chi connectivity index (χ3v) is 1.76. The molecule has 78 valence electrons. The van der Waals surface area contributed by atoms with E-state index < -0.39 is 5.41 Å². The van der Waals surface area contributed by atoms with Crippen LogP contribution in [0.25, 0.3) is 0 Å². The molecular formula is C9H15N3O2. The number of nitrogens with zero attached hydrogens (tertiary/aromatic N) is 1. The Hall–Kier alpha value is -1.57. The number of hydrogen-bond donors (Lipinski definition) is 2. The van der Waals surface area contributed by atoms with Gasteiger partial charge in [0.25, 0.3) is 0 Å². The molecule has 0 atom stereocenters. The molecule has 0 unspecified atom stereocenters. The predicted molar refractivity (Wildman–Crippen MR) is 51.1 cm³/mol. The fraction of sp³-hybridized carbons (Fsp3) is 0.667. The van der Waals surface area contributed by atoms with E-state index in [0.29, 0.717) is 0 Å². The lowest BCUT2D eigenvalue weighted by Gasteiger charge is -2.14. The second-order valence-corrected chi connectivity index (χ2v) is 3.42. The normalized spacial score (nSPS) is 10.1. The quantitative estimate of drug-likeness (QED) is 0.654. The summed E-state index contributed by atoms with van der Waals surface area (Å²) < 4.78 is 0. The van der Waals surface area contributed by atoms with E-state index in [1.807, 2.05) is 6.07 Å². The Balaban J connectivity index is 3.88. The molecule has 0 saturated heterocycles. The molecule has 0 bridgehead atoms. The van der Waals surface area contributed by atoms with Gasteiger partial charge in [-0.1, -0.05) is 0 Å². The lowest BCUT2D eigenvalue weighted by Crippen LogP contribution is -2.37. The molecule has 14 heavy (non-hydrogen) atoms. The van der Waals surface area contributed by atoms with Crippen LogP contribution in [0.2, 0.25) is 0 Å². The maximum absolute atomic E-state index is 11.3. The van der Waals surface area contributed by atoms with Gasteiger partial charge in [-0.05, 0) is 13.8 Å². The Morgan fingerprint density at radius 3 is 2.43 bits per heavy atom. The Morgan fingerprint density at radius 2 is 2.00 bits per heavy atom. The number of hydrogen-bond acceptors (Lipinski definition) is 3. The molecule has 0 aromatic carbocycles. The number of nitrogens with one attached hydrogen (secondary N) is 2. The van der Waals surface area contributed by atoms with Crippen molar-refractivity contribution in [3.05, 3.63) is 0 Å². The second-order valence-electron chi connectivity index (χ2n) is 3.42. The fourth-order valence-electron chi connectivity index (χ4n) is 0.686. The van der Waals surface area contributed by atoms with E-state index in [0.717, 1.165) is 0 Å². The summed E-state index contributed by atoms with van der Waals surface area (Å²) in [6, 6.07) is 1.88. The average Bonchev–Trinajstić information content (AvgIpc) is 2.17. The highest BCUT2D eigenvalue weighted by molar-refractivity contribution is 5.85. The maximum atomic E-state index is 11.3. The molecule has 0 fully saturated rings. The second kappa shape index (κ2) is 5.22. The van der Waals surface area contributed by atoms with Gasteiger partial charge in [0.05, 0.1) is 6.07 Å². The minimum absolute atomic E-state index is 0.139. The van der Waals surface area contributed by atoms with Gasteiger partial charge >= 0.3 is 0 Å². The first-order valence-corrected chi connectivity index (χ1v) is 4.34. The fourth-order valence-corrected chi connectivity index (χ4v) is 0.686. The van der Waals surface area contributed by atoms with Crippen molar-refractivity contribution in [1.82, 2.24) is 10.6 Å². The number of rotatable bonds is 4. The zero-order valence-corrected chi connectivity index (χ0v) is 8.68. The van der Waals surface area contributed by atoms with E-state index in [-0.39, 0.29) is 24.8 Å². The van der Waals surface area contributed by atoms with Crippen LogP contribution in [0.1, 0.15) is 20.3 Å². The maximum Gasteiger partial charge on any atom is 0.239 e. The van der Waals surface area contributed by atoms with E-state index >= 15 is 0 Å². The summed E-state index contributed by atoms with van der Waals surface area (Å²) in [5.41, 5.74) is -1.04. The molecule has 5 heteroatoms. The molecule has 2 amide bonds. The minimum atomic E-state index is -1.04. The molecular weight excluding hydrogens is 182 g/mol. The third-order valence-electron chi connectivity index (χ3n) is 1.76. The van der Waals surface area contributed by atoms with Gasteiger partial charge in [-0.25, -0.2) is 0 Å². The molecule has 0 saturated carbocycles. The Labute approximate surface area is 83.5 Å².